The van der Waals surface area contributed by atoms with Crippen molar-refractivity contribution in [3.8, 4) is 11.5 Å². The third kappa shape index (κ3) is 3.03. The lowest BCUT2D eigenvalue weighted by Gasteiger charge is -2.07. The fourth-order valence-corrected chi connectivity index (χ4v) is 2.34. The molecule has 0 saturated carbocycles. The molecule has 0 radical (unpaired) electrons. The van der Waals surface area contributed by atoms with Crippen LogP contribution in [-0.4, -0.2) is 29.8 Å². The van der Waals surface area contributed by atoms with E-state index in [0.717, 1.165) is 17.0 Å². The number of allylic oxidation sites excluding steroid dienone is 1. The molecule has 0 aliphatic rings. The van der Waals surface area contributed by atoms with Gasteiger partial charge in [0, 0.05) is 24.4 Å². The molecule has 1 heterocycles. The normalized spacial score (nSPS) is 11.0. The van der Waals surface area contributed by atoms with Crippen molar-refractivity contribution in [1.29, 1.82) is 0 Å². The van der Waals surface area contributed by atoms with Gasteiger partial charge in [0.1, 0.15) is 11.5 Å². The van der Waals surface area contributed by atoms with Crippen LogP contribution in [0, 0.1) is 13.8 Å². The fourth-order valence-electron chi connectivity index (χ4n) is 2.34. The Kier molecular flexibility index (Phi) is 4.65. The number of methoxy groups -OCH3 is 2. The molecule has 0 fully saturated rings. The van der Waals surface area contributed by atoms with Crippen LogP contribution in [0.2, 0.25) is 0 Å². The van der Waals surface area contributed by atoms with Crippen molar-refractivity contribution in [2.75, 3.05) is 14.2 Å². The molecule has 0 amide bonds. The molecule has 2 rings (SSSR count). The highest BCUT2D eigenvalue weighted by Crippen LogP contribution is 2.26. The van der Waals surface area contributed by atoms with Gasteiger partial charge in [-0.1, -0.05) is 0 Å². The SMILES string of the molecule is COc1ccc(/C=C\C(=O)c2c(C)nn(C)c2C)c(OC)c1. The average molecular weight is 300 g/mol. The van der Waals surface area contributed by atoms with E-state index in [4.69, 9.17) is 9.47 Å². The van der Waals surface area contributed by atoms with E-state index in [1.165, 1.54) is 0 Å². The number of hydrogen-bond donors (Lipinski definition) is 0. The Morgan fingerprint density at radius 1 is 1.23 bits per heavy atom. The number of hydrogen-bond acceptors (Lipinski definition) is 4. The number of ether oxygens (including phenoxy) is 2. The molecular formula is C17H20N2O3. The van der Waals surface area contributed by atoms with Gasteiger partial charge in [0.25, 0.3) is 0 Å². The van der Waals surface area contributed by atoms with Crippen LogP contribution in [0.15, 0.2) is 24.3 Å². The molecule has 0 unspecified atom stereocenters. The summed E-state index contributed by atoms with van der Waals surface area (Å²) in [5.41, 5.74) is 3.05. The number of aryl methyl sites for hydroxylation is 2. The first-order valence-electron chi connectivity index (χ1n) is 6.92. The molecule has 0 bridgehead atoms. The zero-order valence-corrected chi connectivity index (χ0v) is 13.5. The van der Waals surface area contributed by atoms with Crippen LogP contribution in [0.5, 0.6) is 11.5 Å². The Balaban J connectivity index is 2.30. The third-order valence-corrected chi connectivity index (χ3v) is 3.61. The maximum Gasteiger partial charge on any atom is 0.189 e. The predicted molar refractivity (Wildman–Crippen MR) is 85.6 cm³/mol. The van der Waals surface area contributed by atoms with Crippen molar-refractivity contribution >= 4 is 11.9 Å². The fraction of sp³-hybridized carbons (Fsp3) is 0.294. The lowest BCUT2D eigenvalue weighted by atomic mass is 10.1. The van der Waals surface area contributed by atoms with Gasteiger partial charge in [-0.25, -0.2) is 0 Å². The van der Waals surface area contributed by atoms with Crippen LogP contribution in [-0.2, 0) is 7.05 Å². The van der Waals surface area contributed by atoms with E-state index in [2.05, 4.69) is 5.10 Å². The predicted octanol–water partition coefficient (Wildman–Crippen LogP) is 2.95. The molecule has 2 aromatic rings. The summed E-state index contributed by atoms with van der Waals surface area (Å²) in [7, 11) is 5.01. The molecule has 116 valence electrons. The van der Waals surface area contributed by atoms with E-state index in [1.807, 2.05) is 33.0 Å². The van der Waals surface area contributed by atoms with Gasteiger partial charge in [-0.2, -0.15) is 5.10 Å². The molecule has 0 saturated heterocycles. The standard InChI is InChI=1S/C17H20N2O3/c1-11-17(12(2)19(3)18-11)15(20)9-7-13-6-8-14(21-4)10-16(13)22-5/h6-10H,1-5H3/b9-7-. The number of carbonyl (C=O) groups excluding carboxylic acids is 1. The third-order valence-electron chi connectivity index (χ3n) is 3.61. The van der Waals surface area contributed by atoms with Crippen LogP contribution in [0.3, 0.4) is 0 Å². The van der Waals surface area contributed by atoms with Crippen LogP contribution < -0.4 is 9.47 Å². The van der Waals surface area contributed by atoms with E-state index < -0.39 is 0 Å². The van der Waals surface area contributed by atoms with Gasteiger partial charge in [0.15, 0.2) is 5.78 Å². The van der Waals surface area contributed by atoms with Gasteiger partial charge >= 0.3 is 0 Å². The van der Waals surface area contributed by atoms with Gasteiger partial charge in [0.2, 0.25) is 0 Å². The van der Waals surface area contributed by atoms with Crippen LogP contribution in [0.4, 0.5) is 0 Å². The molecule has 0 atom stereocenters. The molecular weight excluding hydrogens is 280 g/mol. The molecule has 1 aromatic carbocycles. The minimum atomic E-state index is -0.0685. The molecule has 0 N–H and O–H groups in total. The second kappa shape index (κ2) is 6.47. The molecule has 0 aliphatic carbocycles. The minimum absolute atomic E-state index is 0.0685. The average Bonchev–Trinajstić information content (AvgIpc) is 2.77. The molecule has 1 aromatic heterocycles. The first kappa shape index (κ1) is 15.8. The molecule has 0 spiro atoms. The summed E-state index contributed by atoms with van der Waals surface area (Å²) in [5.74, 6) is 1.29. The number of rotatable bonds is 5. The number of aromatic nitrogens is 2. The molecule has 5 nitrogen and oxygen atoms in total. The van der Waals surface area contributed by atoms with Gasteiger partial charge in [-0.05, 0) is 38.1 Å². The van der Waals surface area contributed by atoms with Gasteiger partial charge in [0.05, 0.1) is 25.5 Å². The Morgan fingerprint density at radius 3 is 2.50 bits per heavy atom. The van der Waals surface area contributed by atoms with Crippen molar-refractivity contribution in [1.82, 2.24) is 9.78 Å². The largest absolute Gasteiger partial charge is 0.497 e. The maximum atomic E-state index is 12.4. The smallest absolute Gasteiger partial charge is 0.189 e. The number of nitrogens with zero attached hydrogens (tertiary/aromatic N) is 2. The van der Waals surface area contributed by atoms with Crippen LogP contribution >= 0.6 is 0 Å². The molecule has 0 aliphatic heterocycles. The Hall–Kier alpha value is -2.56. The van der Waals surface area contributed by atoms with E-state index in [1.54, 1.807) is 37.1 Å². The second-order valence-electron chi connectivity index (χ2n) is 4.97. The monoisotopic (exact) mass is 300 g/mol. The van der Waals surface area contributed by atoms with Crippen molar-refractivity contribution < 1.29 is 14.3 Å². The van der Waals surface area contributed by atoms with Crippen LogP contribution in [0.25, 0.3) is 6.08 Å². The Morgan fingerprint density at radius 2 is 1.95 bits per heavy atom. The summed E-state index contributed by atoms with van der Waals surface area (Å²) >= 11 is 0. The van der Waals surface area contributed by atoms with Crippen molar-refractivity contribution in [2.45, 2.75) is 13.8 Å². The highest BCUT2D eigenvalue weighted by molar-refractivity contribution is 6.08. The minimum Gasteiger partial charge on any atom is -0.497 e. The van der Waals surface area contributed by atoms with E-state index >= 15 is 0 Å². The lowest BCUT2D eigenvalue weighted by Crippen LogP contribution is -1.99. The molecule has 22 heavy (non-hydrogen) atoms. The summed E-state index contributed by atoms with van der Waals surface area (Å²) in [6.45, 7) is 3.72. The number of ketones is 1. The zero-order valence-electron chi connectivity index (χ0n) is 13.5. The zero-order chi connectivity index (χ0) is 16.3. The number of benzene rings is 1. The lowest BCUT2D eigenvalue weighted by molar-refractivity contribution is 0.104. The summed E-state index contributed by atoms with van der Waals surface area (Å²) in [5, 5.41) is 4.26. The van der Waals surface area contributed by atoms with Crippen molar-refractivity contribution in [3.05, 3.63) is 46.8 Å². The van der Waals surface area contributed by atoms with E-state index in [0.29, 0.717) is 17.1 Å². The first-order chi connectivity index (χ1) is 10.5. The summed E-state index contributed by atoms with van der Waals surface area (Å²) < 4.78 is 12.2. The van der Waals surface area contributed by atoms with E-state index in [-0.39, 0.29) is 5.78 Å². The molecule has 5 heteroatoms. The highest BCUT2D eigenvalue weighted by Gasteiger charge is 2.15. The summed E-state index contributed by atoms with van der Waals surface area (Å²) in [6, 6.07) is 5.46. The maximum absolute atomic E-state index is 12.4. The van der Waals surface area contributed by atoms with Crippen molar-refractivity contribution in [2.24, 2.45) is 7.05 Å². The first-order valence-corrected chi connectivity index (χ1v) is 6.92. The van der Waals surface area contributed by atoms with E-state index in [9.17, 15) is 4.79 Å². The quantitative estimate of drug-likeness (QED) is 0.629. The van der Waals surface area contributed by atoms with Gasteiger partial charge in [-0.15, -0.1) is 0 Å². The van der Waals surface area contributed by atoms with Gasteiger partial charge < -0.3 is 9.47 Å². The highest BCUT2D eigenvalue weighted by atomic mass is 16.5. The Labute approximate surface area is 130 Å². The summed E-state index contributed by atoms with van der Waals surface area (Å²) in [4.78, 5) is 12.4. The summed E-state index contributed by atoms with van der Waals surface area (Å²) in [6.07, 6.45) is 3.29. The number of carbonyl (C=O) groups is 1. The van der Waals surface area contributed by atoms with Gasteiger partial charge in [-0.3, -0.25) is 9.48 Å². The topological polar surface area (TPSA) is 53.3 Å². The van der Waals surface area contributed by atoms with Crippen LogP contribution in [0.1, 0.15) is 27.3 Å². The Bertz CT molecular complexity index is 730. The van der Waals surface area contributed by atoms with Crippen molar-refractivity contribution in [3.63, 3.8) is 0 Å². The second-order valence-corrected chi connectivity index (χ2v) is 4.97.